The van der Waals surface area contributed by atoms with E-state index in [-0.39, 0.29) is 17.6 Å². The molecule has 2 aromatic heterocycles. The van der Waals surface area contributed by atoms with Crippen molar-refractivity contribution >= 4 is 5.91 Å². The highest BCUT2D eigenvalue weighted by Gasteiger charge is 2.45. The molecule has 2 fully saturated rings. The first kappa shape index (κ1) is 17.2. The van der Waals surface area contributed by atoms with E-state index in [2.05, 4.69) is 9.97 Å². The monoisotopic (exact) mass is 357 g/mol. The summed E-state index contributed by atoms with van der Waals surface area (Å²) in [4.78, 5) is 22.8. The second-order valence-corrected chi connectivity index (χ2v) is 7.05. The van der Waals surface area contributed by atoms with Crippen LogP contribution in [0.15, 0.2) is 35.2 Å². The number of carbonyl (C=O) groups excluding carboxylic acids is 1. The van der Waals surface area contributed by atoms with Gasteiger partial charge in [0.2, 0.25) is 5.76 Å². The van der Waals surface area contributed by atoms with Crippen molar-refractivity contribution in [2.24, 2.45) is 0 Å². The summed E-state index contributed by atoms with van der Waals surface area (Å²) in [6.45, 7) is 4.09. The fourth-order valence-electron chi connectivity index (χ4n) is 3.80. The third-order valence-corrected chi connectivity index (χ3v) is 5.13. The van der Waals surface area contributed by atoms with Crippen LogP contribution in [-0.2, 0) is 16.1 Å². The van der Waals surface area contributed by atoms with Crippen molar-refractivity contribution < 1.29 is 18.7 Å². The predicted molar refractivity (Wildman–Crippen MR) is 92.5 cm³/mol. The van der Waals surface area contributed by atoms with Crippen LogP contribution in [0, 0.1) is 6.92 Å². The second kappa shape index (κ2) is 7.17. The molecular weight excluding hydrogens is 334 g/mol. The van der Waals surface area contributed by atoms with Gasteiger partial charge in [-0.15, -0.1) is 0 Å². The van der Waals surface area contributed by atoms with Gasteiger partial charge in [0, 0.05) is 19.2 Å². The van der Waals surface area contributed by atoms with Gasteiger partial charge in [-0.3, -0.25) is 9.78 Å². The third kappa shape index (κ3) is 3.50. The number of aryl methyl sites for hydroxylation is 1. The molecule has 7 nitrogen and oxygen atoms in total. The highest BCUT2D eigenvalue weighted by molar-refractivity contribution is 5.92. The van der Waals surface area contributed by atoms with Gasteiger partial charge in [0.05, 0.1) is 42.9 Å². The Bertz CT molecular complexity index is 763. The van der Waals surface area contributed by atoms with Gasteiger partial charge < -0.3 is 18.8 Å². The van der Waals surface area contributed by atoms with Crippen molar-refractivity contribution in [2.75, 3.05) is 19.7 Å². The maximum atomic E-state index is 12.7. The van der Waals surface area contributed by atoms with Crippen molar-refractivity contribution in [3.63, 3.8) is 0 Å². The number of carbonyl (C=O) groups is 1. The summed E-state index contributed by atoms with van der Waals surface area (Å²) in [6, 6.07) is 5.79. The van der Waals surface area contributed by atoms with E-state index in [9.17, 15) is 4.79 Å². The molecule has 0 unspecified atom stereocenters. The zero-order valence-corrected chi connectivity index (χ0v) is 14.9. The van der Waals surface area contributed by atoms with E-state index in [0.29, 0.717) is 37.8 Å². The molecule has 1 amide bonds. The molecule has 0 bridgehead atoms. The standard InChI is InChI=1S/C19H23N3O4/c1-14-17(25-13-21-14)18(23)22-8-4-6-19(12-22)9-16(11-26-19)24-10-15-5-2-3-7-20-15/h2-3,5,7,13,16H,4,6,8-12H2,1H3/t16-,19+/m1/s1. The lowest BCUT2D eigenvalue weighted by molar-refractivity contribution is -0.0472. The van der Waals surface area contributed by atoms with E-state index in [1.54, 1.807) is 13.1 Å². The van der Waals surface area contributed by atoms with E-state index >= 15 is 0 Å². The smallest absolute Gasteiger partial charge is 0.291 e. The molecule has 4 heterocycles. The average Bonchev–Trinajstić information content (AvgIpc) is 3.27. The molecule has 0 radical (unpaired) electrons. The molecule has 2 saturated heterocycles. The van der Waals surface area contributed by atoms with Crippen LogP contribution < -0.4 is 0 Å². The molecule has 1 spiro atoms. The topological polar surface area (TPSA) is 77.7 Å². The minimum atomic E-state index is -0.323. The molecular formula is C19H23N3O4. The van der Waals surface area contributed by atoms with Gasteiger partial charge in [0.1, 0.15) is 0 Å². The molecule has 26 heavy (non-hydrogen) atoms. The van der Waals surface area contributed by atoms with Crippen molar-refractivity contribution in [1.82, 2.24) is 14.9 Å². The minimum Gasteiger partial charge on any atom is -0.438 e. The Morgan fingerprint density at radius 3 is 3.12 bits per heavy atom. The summed E-state index contributed by atoms with van der Waals surface area (Å²) in [5, 5.41) is 0. The SMILES string of the molecule is Cc1ncoc1C(=O)N1CCC[C@]2(C[C@@H](OCc3ccccn3)CO2)C1. The number of hydrogen-bond acceptors (Lipinski definition) is 6. The first-order chi connectivity index (χ1) is 12.7. The maximum absolute atomic E-state index is 12.7. The van der Waals surface area contributed by atoms with E-state index in [0.717, 1.165) is 25.0 Å². The van der Waals surface area contributed by atoms with Gasteiger partial charge in [-0.1, -0.05) is 6.07 Å². The summed E-state index contributed by atoms with van der Waals surface area (Å²) >= 11 is 0. The first-order valence-corrected chi connectivity index (χ1v) is 9.00. The lowest BCUT2D eigenvalue weighted by atomic mass is 9.89. The number of rotatable bonds is 4. The Morgan fingerprint density at radius 2 is 2.35 bits per heavy atom. The number of likely N-dealkylation sites (tertiary alicyclic amines) is 1. The quantitative estimate of drug-likeness (QED) is 0.836. The zero-order chi connectivity index (χ0) is 18.0. The lowest BCUT2D eigenvalue weighted by Crippen LogP contribution is -2.50. The summed E-state index contributed by atoms with van der Waals surface area (Å²) in [7, 11) is 0. The molecule has 138 valence electrons. The Labute approximate surface area is 152 Å². The summed E-state index contributed by atoms with van der Waals surface area (Å²) in [6.07, 6.45) is 5.75. The van der Waals surface area contributed by atoms with Gasteiger partial charge in [0.15, 0.2) is 6.39 Å². The van der Waals surface area contributed by atoms with Crippen molar-refractivity contribution in [1.29, 1.82) is 0 Å². The van der Waals surface area contributed by atoms with Crippen molar-refractivity contribution in [3.8, 4) is 0 Å². The average molecular weight is 357 g/mol. The number of oxazole rings is 1. The molecule has 2 aromatic rings. The van der Waals surface area contributed by atoms with Gasteiger partial charge in [-0.05, 0) is 31.9 Å². The Morgan fingerprint density at radius 1 is 1.42 bits per heavy atom. The van der Waals surface area contributed by atoms with Crippen molar-refractivity contribution in [3.05, 3.63) is 47.9 Å². The largest absolute Gasteiger partial charge is 0.438 e. The summed E-state index contributed by atoms with van der Waals surface area (Å²) < 4.78 is 17.4. The van der Waals surface area contributed by atoms with Gasteiger partial charge >= 0.3 is 0 Å². The summed E-state index contributed by atoms with van der Waals surface area (Å²) in [5.74, 6) is 0.212. The molecule has 7 heteroatoms. The lowest BCUT2D eigenvalue weighted by Gasteiger charge is -2.39. The Kier molecular flexibility index (Phi) is 4.74. The number of piperidine rings is 1. The number of aromatic nitrogens is 2. The zero-order valence-electron chi connectivity index (χ0n) is 14.9. The van der Waals surface area contributed by atoms with Crippen LogP contribution in [-0.4, -0.2) is 52.2 Å². The molecule has 0 aromatic carbocycles. The van der Waals surface area contributed by atoms with Crippen LogP contribution in [0.2, 0.25) is 0 Å². The second-order valence-electron chi connectivity index (χ2n) is 7.05. The number of nitrogens with zero attached hydrogens (tertiary/aromatic N) is 3. The van der Waals surface area contributed by atoms with E-state index in [4.69, 9.17) is 13.9 Å². The van der Waals surface area contributed by atoms with E-state index in [1.807, 2.05) is 23.1 Å². The molecule has 0 aliphatic carbocycles. The van der Waals surface area contributed by atoms with Crippen LogP contribution in [0.4, 0.5) is 0 Å². The molecule has 2 aliphatic rings. The predicted octanol–water partition coefficient (Wildman–Crippen LogP) is 2.36. The number of pyridine rings is 1. The Balaban J connectivity index is 1.36. The minimum absolute atomic E-state index is 0.0269. The molecule has 2 aliphatic heterocycles. The van der Waals surface area contributed by atoms with Crippen molar-refractivity contribution in [2.45, 2.75) is 44.5 Å². The van der Waals surface area contributed by atoms with Crippen LogP contribution in [0.25, 0.3) is 0 Å². The van der Waals surface area contributed by atoms with Crippen LogP contribution >= 0.6 is 0 Å². The third-order valence-electron chi connectivity index (χ3n) is 5.13. The molecule has 4 rings (SSSR count). The van der Waals surface area contributed by atoms with E-state index in [1.165, 1.54) is 6.39 Å². The fraction of sp³-hybridized carbons (Fsp3) is 0.526. The first-order valence-electron chi connectivity index (χ1n) is 9.00. The van der Waals surface area contributed by atoms with Crippen LogP contribution in [0.5, 0.6) is 0 Å². The van der Waals surface area contributed by atoms with E-state index < -0.39 is 0 Å². The highest BCUT2D eigenvalue weighted by atomic mass is 16.6. The highest BCUT2D eigenvalue weighted by Crippen LogP contribution is 2.36. The van der Waals surface area contributed by atoms with Crippen LogP contribution in [0.3, 0.4) is 0 Å². The molecule has 0 N–H and O–H groups in total. The van der Waals surface area contributed by atoms with Gasteiger partial charge in [-0.2, -0.15) is 0 Å². The number of amides is 1. The van der Waals surface area contributed by atoms with Crippen LogP contribution in [0.1, 0.15) is 41.2 Å². The fourth-order valence-corrected chi connectivity index (χ4v) is 3.80. The van der Waals surface area contributed by atoms with Gasteiger partial charge in [-0.25, -0.2) is 4.98 Å². The maximum Gasteiger partial charge on any atom is 0.291 e. The molecule has 2 atom stereocenters. The number of ether oxygens (including phenoxy) is 2. The summed E-state index contributed by atoms with van der Waals surface area (Å²) in [5.41, 5.74) is 1.21. The normalized spacial score (nSPS) is 25.7. The number of hydrogen-bond donors (Lipinski definition) is 0. The van der Waals surface area contributed by atoms with Gasteiger partial charge in [0.25, 0.3) is 5.91 Å². The Hall–Kier alpha value is -2.25. The molecule has 0 saturated carbocycles.